The van der Waals surface area contributed by atoms with Gasteiger partial charge in [0, 0.05) is 5.41 Å². The van der Waals surface area contributed by atoms with Crippen molar-refractivity contribution in [1.82, 2.24) is 0 Å². The maximum absolute atomic E-state index is 11.1. The molecule has 1 rings (SSSR count). The van der Waals surface area contributed by atoms with E-state index in [-0.39, 0.29) is 5.41 Å². The van der Waals surface area contributed by atoms with Gasteiger partial charge in [0.05, 0.1) is 5.60 Å². The number of aliphatic hydroxyl groups is 1. The SMILES string of the molecule is C=C[C@](C)(CCC=C(C)C)[C@](C)(O)C1CCCCC1. The summed E-state index contributed by atoms with van der Waals surface area (Å²) in [5.74, 6) is 0.427. The lowest BCUT2D eigenvalue weighted by Gasteiger charge is -2.47. The molecule has 1 aliphatic carbocycles. The lowest BCUT2D eigenvalue weighted by molar-refractivity contribution is -0.0962. The molecule has 1 aliphatic rings. The predicted octanol–water partition coefficient (Wildman–Crippen LogP) is 5.26. The Morgan fingerprint density at radius 3 is 2.26 bits per heavy atom. The molecular formula is C18H32O. The molecule has 110 valence electrons. The van der Waals surface area contributed by atoms with Gasteiger partial charge in [0.15, 0.2) is 0 Å². The molecule has 0 aliphatic heterocycles. The van der Waals surface area contributed by atoms with E-state index in [1.165, 1.54) is 37.7 Å². The van der Waals surface area contributed by atoms with Crippen LogP contribution in [0.15, 0.2) is 24.3 Å². The molecule has 0 unspecified atom stereocenters. The second kappa shape index (κ2) is 6.74. The smallest absolute Gasteiger partial charge is 0.0735 e. The molecule has 0 amide bonds. The van der Waals surface area contributed by atoms with Crippen LogP contribution in [0.25, 0.3) is 0 Å². The Labute approximate surface area is 119 Å². The standard InChI is InChI=1S/C18H32O/c1-6-17(4,14-10-11-15(2)3)18(5,19)16-12-8-7-9-13-16/h6,11,16,19H,1,7-10,12-14H2,2-5H3/t17-,18-/m1/s1. The number of hydrogen-bond donors (Lipinski definition) is 1. The summed E-state index contributed by atoms with van der Waals surface area (Å²) in [6.07, 6.45) is 12.4. The van der Waals surface area contributed by atoms with Crippen molar-refractivity contribution in [2.75, 3.05) is 0 Å². The molecule has 1 heteroatoms. The van der Waals surface area contributed by atoms with Crippen molar-refractivity contribution in [3.05, 3.63) is 24.3 Å². The van der Waals surface area contributed by atoms with Crippen LogP contribution >= 0.6 is 0 Å². The Morgan fingerprint density at radius 1 is 1.21 bits per heavy atom. The second-order valence-corrected chi connectivity index (χ2v) is 6.92. The number of rotatable bonds is 6. The molecule has 0 bridgehead atoms. The van der Waals surface area contributed by atoms with Crippen LogP contribution in [0, 0.1) is 11.3 Å². The van der Waals surface area contributed by atoms with E-state index in [1.54, 1.807) is 0 Å². The summed E-state index contributed by atoms with van der Waals surface area (Å²) in [6, 6.07) is 0. The summed E-state index contributed by atoms with van der Waals surface area (Å²) in [4.78, 5) is 0. The highest BCUT2D eigenvalue weighted by Gasteiger charge is 2.45. The summed E-state index contributed by atoms with van der Waals surface area (Å²) < 4.78 is 0. The van der Waals surface area contributed by atoms with Crippen LogP contribution in [0.1, 0.15) is 72.6 Å². The van der Waals surface area contributed by atoms with Crippen LogP contribution in [-0.2, 0) is 0 Å². The van der Waals surface area contributed by atoms with Crippen molar-refractivity contribution >= 4 is 0 Å². The average Bonchev–Trinajstić information content (AvgIpc) is 2.38. The first-order valence-corrected chi connectivity index (χ1v) is 7.83. The molecule has 1 fully saturated rings. The topological polar surface area (TPSA) is 20.2 Å². The highest BCUT2D eigenvalue weighted by Crippen LogP contribution is 2.46. The second-order valence-electron chi connectivity index (χ2n) is 6.92. The Kier molecular flexibility index (Phi) is 5.85. The summed E-state index contributed by atoms with van der Waals surface area (Å²) in [5, 5.41) is 11.1. The van der Waals surface area contributed by atoms with Gasteiger partial charge in [-0.05, 0) is 52.4 Å². The molecular weight excluding hydrogens is 232 g/mol. The van der Waals surface area contributed by atoms with Gasteiger partial charge in [-0.1, -0.05) is 43.9 Å². The van der Waals surface area contributed by atoms with E-state index >= 15 is 0 Å². The fraction of sp³-hybridized carbons (Fsp3) is 0.778. The van der Waals surface area contributed by atoms with Crippen molar-refractivity contribution < 1.29 is 5.11 Å². The first-order chi connectivity index (χ1) is 8.83. The summed E-state index contributed by atoms with van der Waals surface area (Å²) in [7, 11) is 0. The Hall–Kier alpha value is -0.560. The van der Waals surface area contributed by atoms with E-state index in [2.05, 4.69) is 33.4 Å². The fourth-order valence-corrected chi connectivity index (χ4v) is 3.35. The highest BCUT2D eigenvalue weighted by atomic mass is 16.3. The maximum atomic E-state index is 11.1. The van der Waals surface area contributed by atoms with Gasteiger partial charge in [0.2, 0.25) is 0 Å². The fourth-order valence-electron chi connectivity index (χ4n) is 3.35. The van der Waals surface area contributed by atoms with Gasteiger partial charge in [-0.3, -0.25) is 0 Å². The van der Waals surface area contributed by atoms with Gasteiger partial charge in [-0.25, -0.2) is 0 Å². The van der Waals surface area contributed by atoms with Gasteiger partial charge in [0.1, 0.15) is 0 Å². The van der Waals surface area contributed by atoms with Gasteiger partial charge >= 0.3 is 0 Å². The zero-order chi connectivity index (χ0) is 14.5. The van der Waals surface area contributed by atoms with E-state index < -0.39 is 5.60 Å². The minimum absolute atomic E-state index is 0.193. The van der Waals surface area contributed by atoms with Gasteiger partial charge in [-0.2, -0.15) is 0 Å². The minimum Gasteiger partial charge on any atom is -0.389 e. The van der Waals surface area contributed by atoms with Gasteiger partial charge < -0.3 is 5.11 Å². The summed E-state index contributed by atoms with van der Waals surface area (Å²) >= 11 is 0. The third kappa shape index (κ3) is 3.95. The number of hydrogen-bond acceptors (Lipinski definition) is 1. The van der Waals surface area contributed by atoms with E-state index in [1.807, 2.05) is 13.0 Å². The molecule has 1 nitrogen and oxygen atoms in total. The molecule has 0 spiro atoms. The predicted molar refractivity (Wildman–Crippen MR) is 84.2 cm³/mol. The number of allylic oxidation sites excluding steroid dienone is 2. The molecule has 0 aromatic carbocycles. The normalized spacial score (nSPS) is 23.2. The highest BCUT2D eigenvalue weighted by molar-refractivity contribution is 5.08. The van der Waals surface area contributed by atoms with Crippen LogP contribution < -0.4 is 0 Å². The molecule has 19 heavy (non-hydrogen) atoms. The quantitative estimate of drug-likeness (QED) is 0.649. The Morgan fingerprint density at radius 2 is 1.79 bits per heavy atom. The molecule has 0 saturated heterocycles. The zero-order valence-electron chi connectivity index (χ0n) is 13.3. The molecule has 0 aromatic rings. The van der Waals surface area contributed by atoms with Crippen molar-refractivity contribution in [2.24, 2.45) is 11.3 Å². The first-order valence-electron chi connectivity index (χ1n) is 7.83. The first kappa shape index (κ1) is 16.5. The van der Waals surface area contributed by atoms with E-state index in [9.17, 15) is 5.11 Å². The van der Waals surface area contributed by atoms with Crippen molar-refractivity contribution in [3.8, 4) is 0 Å². The molecule has 0 aromatic heterocycles. The van der Waals surface area contributed by atoms with E-state index in [0.717, 1.165) is 12.8 Å². The summed E-state index contributed by atoms with van der Waals surface area (Å²) in [5.41, 5.74) is 0.523. The van der Waals surface area contributed by atoms with Crippen LogP contribution in [0.3, 0.4) is 0 Å². The van der Waals surface area contributed by atoms with Crippen molar-refractivity contribution in [2.45, 2.75) is 78.2 Å². The third-order valence-electron chi connectivity index (χ3n) is 5.22. The maximum Gasteiger partial charge on any atom is 0.0735 e. The van der Waals surface area contributed by atoms with Crippen LogP contribution in [-0.4, -0.2) is 10.7 Å². The lowest BCUT2D eigenvalue weighted by atomic mass is 9.62. The zero-order valence-corrected chi connectivity index (χ0v) is 13.3. The Bertz CT molecular complexity index is 317. The molecule has 1 N–H and O–H groups in total. The third-order valence-corrected chi connectivity index (χ3v) is 5.22. The molecule has 0 radical (unpaired) electrons. The lowest BCUT2D eigenvalue weighted by Crippen LogP contribution is -2.49. The van der Waals surface area contributed by atoms with Crippen LogP contribution in [0.4, 0.5) is 0 Å². The molecule has 0 heterocycles. The molecule has 2 atom stereocenters. The monoisotopic (exact) mass is 264 g/mol. The largest absolute Gasteiger partial charge is 0.389 e. The summed E-state index contributed by atoms with van der Waals surface area (Å²) in [6.45, 7) is 12.5. The van der Waals surface area contributed by atoms with Gasteiger partial charge in [0.25, 0.3) is 0 Å². The Balaban J connectivity index is 2.78. The van der Waals surface area contributed by atoms with Gasteiger partial charge in [-0.15, -0.1) is 6.58 Å². The van der Waals surface area contributed by atoms with Crippen molar-refractivity contribution in [1.29, 1.82) is 0 Å². The van der Waals surface area contributed by atoms with Crippen LogP contribution in [0.2, 0.25) is 0 Å². The van der Waals surface area contributed by atoms with Crippen LogP contribution in [0.5, 0.6) is 0 Å². The van der Waals surface area contributed by atoms with Crippen molar-refractivity contribution in [3.63, 3.8) is 0 Å². The molecule has 1 saturated carbocycles. The average molecular weight is 264 g/mol. The van der Waals surface area contributed by atoms with E-state index in [0.29, 0.717) is 5.92 Å². The minimum atomic E-state index is -0.634. The van der Waals surface area contributed by atoms with E-state index in [4.69, 9.17) is 0 Å².